The van der Waals surface area contributed by atoms with E-state index in [2.05, 4.69) is 26.6 Å². The second-order valence-electron chi connectivity index (χ2n) is 6.26. The molecule has 2 aromatic carbocycles. The summed E-state index contributed by atoms with van der Waals surface area (Å²) in [4.78, 5) is 11.5. The Hall–Kier alpha value is -2.06. The lowest BCUT2D eigenvalue weighted by atomic mass is 10.1. The molecule has 1 atom stereocenters. The van der Waals surface area contributed by atoms with E-state index in [0.29, 0.717) is 24.4 Å². The maximum absolute atomic E-state index is 12.6. The SMILES string of the molecule is O=C1NCCC1NCc1ccc(OCc2ccc(C(F)(F)F)cc2)c(Br)c1. The maximum atomic E-state index is 12.6. The predicted octanol–water partition coefficient (Wildman–Crippen LogP) is 4.03. The van der Waals surface area contributed by atoms with Gasteiger partial charge in [-0.2, -0.15) is 13.2 Å². The monoisotopic (exact) mass is 442 g/mol. The number of hydrogen-bond acceptors (Lipinski definition) is 3. The average Bonchev–Trinajstić information content (AvgIpc) is 3.04. The molecule has 0 aliphatic carbocycles. The molecular weight excluding hydrogens is 425 g/mol. The molecule has 0 saturated carbocycles. The fourth-order valence-corrected chi connectivity index (χ4v) is 3.29. The summed E-state index contributed by atoms with van der Waals surface area (Å²) in [6, 6.07) is 10.3. The highest BCUT2D eigenvalue weighted by molar-refractivity contribution is 9.10. The number of carbonyl (C=O) groups excluding carboxylic acids is 1. The van der Waals surface area contributed by atoms with Crippen molar-refractivity contribution in [3.05, 3.63) is 63.6 Å². The van der Waals surface area contributed by atoms with E-state index < -0.39 is 11.7 Å². The molecule has 0 aromatic heterocycles. The molecule has 27 heavy (non-hydrogen) atoms. The van der Waals surface area contributed by atoms with E-state index in [4.69, 9.17) is 4.74 Å². The zero-order valence-electron chi connectivity index (χ0n) is 14.3. The van der Waals surface area contributed by atoms with E-state index in [-0.39, 0.29) is 18.6 Å². The number of carbonyl (C=O) groups is 1. The molecule has 0 bridgehead atoms. The molecule has 144 valence electrons. The van der Waals surface area contributed by atoms with Crippen molar-refractivity contribution in [1.82, 2.24) is 10.6 Å². The number of alkyl halides is 3. The fourth-order valence-electron chi connectivity index (χ4n) is 2.75. The number of ether oxygens (including phenoxy) is 1. The largest absolute Gasteiger partial charge is 0.488 e. The van der Waals surface area contributed by atoms with Crippen LogP contribution in [0.3, 0.4) is 0 Å². The predicted molar refractivity (Wildman–Crippen MR) is 98.2 cm³/mol. The van der Waals surface area contributed by atoms with Crippen LogP contribution in [0.5, 0.6) is 5.75 Å². The van der Waals surface area contributed by atoms with Crippen molar-refractivity contribution in [3.63, 3.8) is 0 Å². The van der Waals surface area contributed by atoms with Crippen LogP contribution in [0.1, 0.15) is 23.1 Å². The van der Waals surface area contributed by atoms with Gasteiger partial charge < -0.3 is 15.4 Å². The molecule has 1 aliphatic heterocycles. The first-order valence-corrected chi connectivity index (χ1v) is 9.21. The van der Waals surface area contributed by atoms with Gasteiger partial charge in [-0.1, -0.05) is 18.2 Å². The van der Waals surface area contributed by atoms with Crippen LogP contribution in [0.15, 0.2) is 46.9 Å². The molecule has 8 heteroatoms. The molecule has 1 heterocycles. The fraction of sp³-hybridized carbons (Fsp3) is 0.316. The maximum Gasteiger partial charge on any atom is 0.416 e. The molecule has 4 nitrogen and oxygen atoms in total. The Morgan fingerprint density at radius 2 is 1.85 bits per heavy atom. The lowest BCUT2D eigenvalue weighted by Gasteiger charge is -2.13. The van der Waals surface area contributed by atoms with Gasteiger partial charge in [-0.3, -0.25) is 4.79 Å². The molecule has 1 saturated heterocycles. The third-order valence-electron chi connectivity index (χ3n) is 4.27. The van der Waals surface area contributed by atoms with Gasteiger partial charge in [0.1, 0.15) is 12.4 Å². The van der Waals surface area contributed by atoms with Gasteiger partial charge in [-0.25, -0.2) is 0 Å². The minimum Gasteiger partial charge on any atom is -0.488 e. The summed E-state index contributed by atoms with van der Waals surface area (Å²) in [6.07, 6.45) is -3.57. The van der Waals surface area contributed by atoms with Crippen molar-refractivity contribution < 1.29 is 22.7 Å². The van der Waals surface area contributed by atoms with Gasteiger partial charge in [0, 0.05) is 13.1 Å². The van der Waals surface area contributed by atoms with Crippen molar-refractivity contribution in [2.24, 2.45) is 0 Å². The van der Waals surface area contributed by atoms with E-state index in [1.54, 1.807) is 6.07 Å². The quantitative estimate of drug-likeness (QED) is 0.709. The van der Waals surface area contributed by atoms with Gasteiger partial charge >= 0.3 is 6.18 Å². The van der Waals surface area contributed by atoms with Crippen LogP contribution in [0, 0.1) is 0 Å². The van der Waals surface area contributed by atoms with Gasteiger partial charge in [0.25, 0.3) is 0 Å². The Bertz CT molecular complexity index is 810. The molecular formula is C19H18BrF3N2O2. The van der Waals surface area contributed by atoms with Gasteiger partial charge in [0.15, 0.2) is 0 Å². The number of hydrogen-bond donors (Lipinski definition) is 2. The summed E-state index contributed by atoms with van der Waals surface area (Å²) in [5.41, 5.74) is 0.955. The summed E-state index contributed by atoms with van der Waals surface area (Å²) in [5.74, 6) is 0.614. The first-order valence-electron chi connectivity index (χ1n) is 8.41. The highest BCUT2D eigenvalue weighted by Gasteiger charge is 2.29. The minimum absolute atomic E-state index is 0.0190. The van der Waals surface area contributed by atoms with Crippen molar-refractivity contribution in [2.75, 3.05) is 6.54 Å². The van der Waals surface area contributed by atoms with Crippen molar-refractivity contribution in [3.8, 4) is 5.75 Å². The van der Waals surface area contributed by atoms with E-state index in [1.165, 1.54) is 12.1 Å². The number of amides is 1. The van der Waals surface area contributed by atoms with Crippen molar-refractivity contribution in [1.29, 1.82) is 0 Å². The third kappa shape index (κ3) is 5.23. The number of benzene rings is 2. The molecule has 1 unspecified atom stereocenters. The second kappa shape index (κ2) is 8.31. The normalized spacial score (nSPS) is 17.0. The van der Waals surface area contributed by atoms with Gasteiger partial charge in [0.05, 0.1) is 16.1 Å². The first-order chi connectivity index (χ1) is 12.8. The van der Waals surface area contributed by atoms with Crippen LogP contribution >= 0.6 is 15.9 Å². The first kappa shape index (κ1) is 19.7. The summed E-state index contributed by atoms with van der Waals surface area (Å²) >= 11 is 3.44. The zero-order chi connectivity index (χ0) is 19.4. The molecule has 1 amide bonds. The Morgan fingerprint density at radius 3 is 2.44 bits per heavy atom. The lowest BCUT2D eigenvalue weighted by Crippen LogP contribution is -2.35. The van der Waals surface area contributed by atoms with Crippen LogP contribution in [-0.2, 0) is 24.1 Å². The highest BCUT2D eigenvalue weighted by Crippen LogP contribution is 2.30. The lowest BCUT2D eigenvalue weighted by molar-refractivity contribution is -0.137. The summed E-state index contributed by atoms with van der Waals surface area (Å²) < 4.78 is 44.2. The van der Waals surface area contributed by atoms with Crippen LogP contribution in [-0.4, -0.2) is 18.5 Å². The third-order valence-corrected chi connectivity index (χ3v) is 4.89. The molecule has 1 fully saturated rings. The van der Waals surface area contributed by atoms with E-state index in [9.17, 15) is 18.0 Å². The number of rotatable bonds is 6. The Labute approximate surface area is 163 Å². The van der Waals surface area contributed by atoms with Crippen LogP contribution in [0.4, 0.5) is 13.2 Å². The summed E-state index contributed by atoms with van der Waals surface area (Å²) in [5, 5.41) is 5.98. The van der Waals surface area contributed by atoms with E-state index in [0.717, 1.165) is 28.6 Å². The molecule has 0 radical (unpaired) electrons. The van der Waals surface area contributed by atoms with E-state index >= 15 is 0 Å². The highest BCUT2D eigenvalue weighted by atomic mass is 79.9. The smallest absolute Gasteiger partial charge is 0.416 e. The molecule has 1 aliphatic rings. The van der Waals surface area contributed by atoms with Crippen LogP contribution in [0.25, 0.3) is 0 Å². The Balaban J connectivity index is 1.55. The molecule has 2 aromatic rings. The van der Waals surface area contributed by atoms with Gasteiger partial charge in [0.2, 0.25) is 5.91 Å². The van der Waals surface area contributed by atoms with Crippen molar-refractivity contribution >= 4 is 21.8 Å². The van der Waals surface area contributed by atoms with Crippen molar-refractivity contribution in [2.45, 2.75) is 31.8 Å². The Morgan fingerprint density at radius 1 is 1.15 bits per heavy atom. The van der Waals surface area contributed by atoms with E-state index in [1.807, 2.05) is 12.1 Å². The number of nitrogens with one attached hydrogen (secondary N) is 2. The van der Waals surface area contributed by atoms with Crippen LogP contribution in [0.2, 0.25) is 0 Å². The second-order valence-corrected chi connectivity index (χ2v) is 7.12. The Kier molecular flexibility index (Phi) is 6.06. The molecule has 2 N–H and O–H groups in total. The van der Waals surface area contributed by atoms with Crippen LogP contribution < -0.4 is 15.4 Å². The average molecular weight is 443 g/mol. The minimum atomic E-state index is -4.34. The zero-order valence-corrected chi connectivity index (χ0v) is 15.9. The topological polar surface area (TPSA) is 50.4 Å². The van der Waals surface area contributed by atoms with Gasteiger partial charge in [-0.15, -0.1) is 0 Å². The summed E-state index contributed by atoms with van der Waals surface area (Å²) in [6.45, 7) is 1.41. The molecule has 0 spiro atoms. The molecule has 3 rings (SSSR count). The summed E-state index contributed by atoms with van der Waals surface area (Å²) in [7, 11) is 0. The van der Waals surface area contributed by atoms with Gasteiger partial charge in [-0.05, 0) is 57.7 Å². The number of halogens is 4. The standard InChI is InChI=1S/C19H18BrF3N2O2/c20-15-9-13(10-25-16-7-8-24-18(16)26)3-6-17(15)27-11-12-1-4-14(5-2-12)19(21,22)23/h1-6,9,16,25H,7-8,10-11H2,(H,24,26).